The maximum absolute atomic E-state index is 13.4. The standard InChI is InChI=1S/C23H28N2O5.C21H18Cl2N2O7/c1-16(2)13-19(25-23(29)30-15-18-11-7-4-8-12-18)21(26)24-20(22(27)28)14-17-9-5-3-6-10-17;1-9(26)24-13-7-3-5-11(22)15(13)17(20(29)30)19(28)18(21(31)32)16-12(23)6-4-8-14(16)25-10(2)27/h3-12,16,19-20H,13-15H2,1-2H3,(H,24,26)(H,25,29)(H,27,28);3-8,17-18H,1-2H3,(H,24,26)(H,25,27)(H,29,30)(H,31,32)/t19-,20-;/m0./s1. The van der Waals surface area contributed by atoms with Crippen LogP contribution in [0.5, 0.6) is 0 Å². The van der Waals surface area contributed by atoms with Crippen LogP contribution in [0.3, 0.4) is 0 Å². The molecule has 18 heteroatoms. The Morgan fingerprint density at radius 3 is 1.44 bits per heavy atom. The van der Waals surface area contributed by atoms with Crippen molar-refractivity contribution in [3.05, 3.63) is 129 Å². The molecule has 16 nitrogen and oxygen atoms in total. The molecule has 7 N–H and O–H groups in total. The first-order valence-corrected chi connectivity index (χ1v) is 19.7. The van der Waals surface area contributed by atoms with Crippen molar-refractivity contribution in [3.8, 4) is 0 Å². The fourth-order valence-corrected chi connectivity index (χ4v) is 6.70. The van der Waals surface area contributed by atoms with Crippen molar-refractivity contribution < 1.29 is 58.4 Å². The van der Waals surface area contributed by atoms with E-state index in [0.717, 1.165) is 11.1 Å². The summed E-state index contributed by atoms with van der Waals surface area (Å²) in [5.74, 6) is -11.5. The lowest BCUT2D eigenvalue weighted by atomic mass is 9.82. The fourth-order valence-electron chi connectivity index (χ4n) is 6.13. The Bertz CT molecular complexity index is 2170. The summed E-state index contributed by atoms with van der Waals surface area (Å²) in [5.41, 5.74) is 0.946. The van der Waals surface area contributed by atoms with Gasteiger partial charge in [-0.15, -0.1) is 0 Å². The summed E-state index contributed by atoms with van der Waals surface area (Å²) >= 11 is 12.3. The lowest BCUT2D eigenvalue weighted by molar-refractivity contribution is -0.147. The summed E-state index contributed by atoms with van der Waals surface area (Å²) in [6.45, 7) is 6.25. The number of hydrogen-bond donors (Lipinski definition) is 7. The van der Waals surface area contributed by atoms with E-state index in [1.165, 1.54) is 50.2 Å². The number of ether oxygens (including phenoxy) is 1. The van der Waals surface area contributed by atoms with Gasteiger partial charge in [0.25, 0.3) is 0 Å². The van der Waals surface area contributed by atoms with Gasteiger partial charge in [-0.25, -0.2) is 9.59 Å². The van der Waals surface area contributed by atoms with Crippen molar-refractivity contribution in [2.24, 2.45) is 5.92 Å². The third-order valence-electron chi connectivity index (χ3n) is 8.79. The van der Waals surface area contributed by atoms with E-state index < -0.39 is 71.4 Å². The highest BCUT2D eigenvalue weighted by molar-refractivity contribution is 6.34. The molecule has 0 heterocycles. The van der Waals surface area contributed by atoms with Gasteiger partial charge in [0.05, 0.1) is 0 Å². The van der Waals surface area contributed by atoms with E-state index in [4.69, 9.17) is 27.9 Å². The van der Waals surface area contributed by atoms with Crippen LogP contribution in [0.15, 0.2) is 97.1 Å². The summed E-state index contributed by atoms with van der Waals surface area (Å²) in [5, 5.41) is 38.8. The van der Waals surface area contributed by atoms with Crippen molar-refractivity contribution >= 4 is 82.1 Å². The Labute approximate surface area is 367 Å². The van der Waals surface area contributed by atoms with Crippen LogP contribution in [0.1, 0.15) is 68.2 Å². The Kier molecular flexibility index (Phi) is 19.1. The van der Waals surface area contributed by atoms with Crippen LogP contribution in [0.25, 0.3) is 0 Å². The fraction of sp³-hybridized carbons (Fsp3) is 0.273. The molecule has 4 amide bonds. The number of carbonyl (C=O) groups is 8. The summed E-state index contributed by atoms with van der Waals surface area (Å²) in [6, 6.07) is 24.4. The second kappa shape index (κ2) is 23.9. The second-order valence-electron chi connectivity index (χ2n) is 14.2. The molecule has 0 saturated carbocycles. The topological polar surface area (TPSA) is 255 Å². The van der Waals surface area contributed by atoms with Gasteiger partial charge in [0.1, 0.15) is 30.5 Å². The largest absolute Gasteiger partial charge is 0.480 e. The highest BCUT2D eigenvalue weighted by Crippen LogP contribution is 2.40. The van der Waals surface area contributed by atoms with E-state index in [1.54, 1.807) is 12.1 Å². The Balaban J connectivity index is 0.000000331. The van der Waals surface area contributed by atoms with Gasteiger partial charge in [-0.1, -0.05) is 110 Å². The van der Waals surface area contributed by atoms with Gasteiger partial charge in [0, 0.05) is 52.8 Å². The predicted molar refractivity (Wildman–Crippen MR) is 230 cm³/mol. The van der Waals surface area contributed by atoms with Crippen molar-refractivity contribution in [1.29, 1.82) is 0 Å². The number of carboxylic acid groups (broad SMARTS) is 3. The average molecular weight is 894 g/mol. The molecule has 0 radical (unpaired) electrons. The zero-order chi connectivity index (χ0) is 46.1. The molecular formula is C44H46Cl2N4O12. The number of amides is 4. The SMILES string of the molecule is CC(=O)Nc1cccc(Cl)c1C(C(=O)O)C(=O)C(C(=O)O)c1c(Cl)cccc1NC(C)=O.CC(C)C[C@H](NC(=O)OCc1ccccc1)C(=O)N[C@@H](Cc1ccccc1)C(=O)O. The van der Waals surface area contributed by atoms with Crippen LogP contribution in [0, 0.1) is 5.92 Å². The molecule has 2 unspecified atom stereocenters. The Morgan fingerprint density at radius 1 is 0.581 bits per heavy atom. The molecule has 0 spiro atoms. The van der Waals surface area contributed by atoms with Crippen LogP contribution < -0.4 is 21.3 Å². The molecule has 0 bridgehead atoms. The average Bonchev–Trinajstić information content (AvgIpc) is 3.19. The van der Waals surface area contributed by atoms with Gasteiger partial charge < -0.3 is 41.3 Å². The van der Waals surface area contributed by atoms with Crippen LogP contribution in [-0.2, 0) is 51.3 Å². The molecular weight excluding hydrogens is 847 g/mol. The normalized spacial score (nSPS) is 12.5. The Morgan fingerprint density at radius 2 is 1.03 bits per heavy atom. The number of hydrogen-bond acceptors (Lipinski definition) is 9. The quantitative estimate of drug-likeness (QED) is 0.0518. The first-order valence-electron chi connectivity index (χ1n) is 19.0. The second-order valence-corrected chi connectivity index (χ2v) is 15.0. The van der Waals surface area contributed by atoms with Gasteiger partial charge >= 0.3 is 24.0 Å². The zero-order valence-electron chi connectivity index (χ0n) is 34.0. The molecule has 0 aliphatic rings. The maximum Gasteiger partial charge on any atom is 0.408 e. The number of carbonyl (C=O) groups excluding carboxylic acids is 5. The number of nitrogens with one attached hydrogen (secondary N) is 4. The lowest BCUT2D eigenvalue weighted by Gasteiger charge is -2.23. The van der Waals surface area contributed by atoms with Gasteiger partial charge in [0.15, 0.2) is 5.78 Å². The smallest absolute Gasteiger partial charge is 0.408 e. The number of anilines is 2. The van der Waals surface area contributed by atoms with Crippen molar-refractivity contribution in [2.75, 3.05) is 10.6 Å². The lowest BCUT2D eigenvalue weighted by Crippen LogP contribution is -2.52. The maximum atomic E-state index is 13.4. The van der Waals surface area contributed by atoms with E-state index in [-0.39, 0.29) is 51.5 Å². The van der Waals surface area contributed by atoms with E-state index in [9.17, 15) is 53.7 Å². The molecule has 0 aliphatic carbocycles. The molecule has 0 fully saturated rings. The molecule has 62 heavy (non-hydrogen) atoms. The highest BCUT2D eigenvalue weighted by Gasteiger charge is 2.42. The van der Waals surface area contributed by atoms with E-state index in [2.05, 4.69) is 21.3 Å². The number of benzene rings is 4. The molecule has 0 aliphatic heterocycles. The minimum atomic E-state index is -2.06. The van der Waals surface area contributed by atoms with Gasteiger partial charge in [0.2, 0.25) is 17.7 Å². The number of alkyl carbamates (subject to hydrolysis) is 1. The number of aliphatic carboxylic acids is 3. The minimum Gasteiger partial charge on any atom is -0.480 e. The van der Waals surface area contributed by atoms with E-state index in [1.807, 2.05) is 62.4 Å². The molecule has 4 atom stereocenters. The van der Waals surface area contributed by atoms with Crippen LogP contribution in [0.2, 0.25) is 10.0 Å². The summed E-state index contributed by atoms with van der Waals surface area (Å²) < 4.78 is 5.19. The molecule has 4 aromatic rings. The number of ketones is 1. The van der Waals surface area contributed by atoms with E-state index >= 15 is 0 Å². The van der Waals surface area contributed by atoms with Gasteiger partial charge in [-0.2, -0.15) is 0 Å². The molecule has 0 aromatic heterocycles. The first-order chi connectivity index (χ1) is 29.3. The summed E-state index contributed by atoms with van der Waals surface area (Å²) in [4.78, 5) is 97.4. The number of Topliss-reactive ketones (excluding diaryl/α,β-unsaturated/α-hetero) is 1. The minimum absolute atomic E-state index is 0.0591. The van der Waals surface area contributed by atoms with Crippen molar-refractivity contribution in [3.63, 3.8) is 0 Å². The van der Waals surface area contributed by atoms with Gasteiger partial charge in [-0.3, -0.25) is 28.8 Å². The zero-order valence-corrected chi connectivity index (χ0v) is 35.5. The Hall–Kier alpha value is -6.78. The van der Waals surface area contributed by atoms with E-state index in [0.29, 0.717) is 6.42 Å². The van der Waals surface area contributed by atoms with Crippen LogP contribution in [-0.4, -0.2) is 74.9 Å². The molecule has 328 valence electrons. The number of halogens is 2. The molecule has 4 rings (SSSR count). The van der Waals surface area contributed by atoms with Crippen molar-refractivity contribution in [1.82, 2.24) is 10.6 Å². The molecule has 4 aromatic carbocycles. The first kappa shape index (κ1) is 49.6. The predicted octanol–water partition coefficient (Wildman–Crippen LogP) is 6.66. The van der Waals surface area contributed by atoms with Crippen LogP contribution in [0.4, 0.5) is 16.2 Å². The third kappa shape index (κ3) is 15.0. The van der Waals surface area contributed by atoms with Gasteiger partial charge in [-0.05, 0) is 47.7 Å². The molecule has 0 saturated heterocycles. The monoisotopic (exact) mass is 892 g/mol. The highest BCUT2D eigenvalue weighted by atomic mass is 35.5. The number of carboxylic acids is 3. The number of rotatable bonds is 18. The third-order valence-corrected chi connectivity index (χ3v) is 9.45. The van der Waals surface area contributed by atoms with Crippen molar-refractivity contribution in [2.45, 2.75) is 71.1 Å². The summed E-state index contributed by atoms with van der Waals surface area (Å²) in [6.07, 6.45) is -0.229. The van der Waals surface area contributed by atoms with Crippen LogP contribution >= 0.6 is 23.2 Å². The summed E-state index contributed by atoms with van der Waals surface area (Å²) in [7, 11) is 0.